The molecule has 1 aliphatic rings. The highest BCUT2D eigenvalue weighted by molar-refractivity contribution is 7.89. The van der Waals surface area contributed by atoms with Gasteiger partial charge in [-0.1, -0.05) is 35.9 Å². The summed E-state index contributed by atoms with van der Waals surface area (Å²) in [6, 6.07) is 15.3. The molecule has 1 aliphatic heterocycles. The fourth-order valence-electron chi connectivity index (χ4n) is 3.56. The molecule has 2 aromatic carbocycles. The predicted molar refractivity (Wildman–Crippen MR) is 108 cm³/mol. The summed E-state index contributed by atoms with van der Waals surface area (Å²) in [5, 5.41) is 3.79. The summed E-state index contributed by atoms with van der Waals surface area (Å²) in [7, 11) is -3.73. The van der Waals surface area contributed by atoms with Gasteiger partial charge in [0.15, 0.2) is 0 Å². The van der Waals surface area contributed by atoms with Crippen molar-refractivity contribution in [3.63, 3.8) is 0 Å². The van der Waals surface area contributed by atoms with Crippen molar-refractivity contribution in [1.82, 2.24) is 9.29 Å². The first-order valence-electron chi connectivity index (χ1n) is 9.20. The standard InChI is InChI=1S/C21H21N3O3S/c1-15-9-11-17(12-10-15)28(26,27)24-14-4-8-19(24)21(25)23-18-7-2-5-16-6-3-13-22-20(16)18/h2-3,5-7,9-13,19H,4,8,14H2,1H3,(H,23,25). The van der Waals surface area contributed by atoms with Crippen LogP contribution in [0.5, 0.6) is 0 Å². The maximum atomic E-state index is 13.1. The lowest BCUT2D eigenvalue weighted by molar-refractivity contribution is -0.119. The third-order valence-corrected chi connectivity index (χ3v) is 6.95. The normalized spacial score (nSPS) is 17.7. The van der Waals surface area contributed by atoms with E-state index in [-0.39, 0.29) is 10.8 Å². The van der Waals surface area contributed by atoms with Gasteiger partial charge in [0, 0.05) is 18.1 Å². The molecule has 0 aliphatic carbocycles. The number of carbonyl (C=O) groups excluding carboxylic acids is 1. The van der Waals surface area contributed by atoms with Crippen molar-refractivity contribution < 1.29 is 13.2 Å². The monoisotopic (exact) mass is 395 g/mol. The molecule has 3 aromatic rings. The maximum Gasteiger partial charge on any atom is 0.243 e. The Hall–Kier alpha value is -2.77. The van der Waals surface area contributed by atoms with Crippen LogP contribution in [0.4, 0.5) is 5.69 Å². The number of fused-ring (bicyclic) bond motifs is 1. The van der Waals surface area contributed by atoms with E-state index in [9.17, 15) is 13.2 Å². The minimum Gasteiger partial charge on any atom is -0.323 e. The number of hydrogen-bond donors (Lipinski definition) is 1. The average molecular weight is 395 g/mol. The van der Waals surface area contributed by atoms with Crippen molar-refractivity contribution in [1.29, 1.82) is 0 Å². The van der Waals surface area contributed by atoms with Crippen LogP contribution in [0.15, 0.2) is 65.7 Å². The Morgan fingerprint density at radius 1 is 1.11 bits per heavy atom. The van der Waals surface area contributed by atoms with Crippen LogP contribution < -0.4 is 5.32 Å². The van der Waals surface area contributed by atoms with Crippen LogP contribution in [-0.2, 0) is 14.8 Å². The number of aryl methyl sites for hydroxylation is 1. The number of anilines is 1. The molecule has 4 rings (SSSR count). The van der Waals surface area contributed by atoms with Crippen LogP contribution in [0.1, 0.15) is 18.4 Å². The molecule has 1 N–H and O–H groups in total. The molecule has 1 aromatic heterocycles. The van der Waals surface area contributed by atoms with Gasteiger partial charge in [0.2, 0.25) is 15.9 Å². The molecule has 144 valence electrons. The van der Waals surface area contributed by atoms with Crippen molar-refractivity contribution in [2.45, 2.75) is 30.7 Å². The molecule has 28 heavy (non-hydrogen) atoms. The van der Waals surface area contributed by atoms with Crippen LogP contribution in [0, 0.1) is 6.92 Å². The van der Waals surface area contributed by atoms with Gasteiger partial charge < -0.3 is 5.32 Å². The quantitative estimate of drug-likeness (QED) is 0.735. The molecule has 6 nitrogen and oxygen atoms in total. The molecule has 1 fully saturated rings. The third-order valence-electron chi connectivity index (χ3n) is 5.02. The minimum absolute atomic E-state index is 0.213. The fraction of sp³-hybridized carbons (Fsp3) is 0.238. The first kappa shape index (κ1) is 18.6. The Bertz CT molecular complexity index is 1120. The zero-order chi connectivity index (χ0) is 19.7. The molecule has 7 heteroatoms. The lowest BCUT2D eigenvalue weighted by atomic mass is 10.1. The number of carbonyl (C=O) groups is 1. The van der Waals surface area contributed by atoms with Gasteiger partial charge in [-0.15, -0.1) is 0 Å². The van der Waals surface area contributed by atoms with Gasteiger partial charge in [0.1, 0.15) is 6.04 Å². The molecule has 1 saturated heterocycles. The zero-order valence-corrected chi connectivity index (χ0v) is 16.3. The third kappa shape index (κ3) is 3.39. The first-order chi connectivity index (χ1) is 13.5. The smallest absolute Gasteiger partial charge is 0.243 e. The van der Waals surface area contributed by atoms with Gasteiger partial charge in [-0.25, -0.2) is 8.42 Å². The highest BCUT2D eigenvalue weighted by atomic mass is 32.2. The van der Waals surface area contributed by atoms with Crippen molar-refractivity contribution in [2.24, 2.45) is 0 Å². The van der Waals surface area contributed by atoms with Gasteiger partial charge in [0.25, 0.3) is 0 Å². The largest absolute Gasteiger partial charge is 0.323 e. The summed E-state index contributed by atoms with van der Waals surface area (Å²) in [5.74, 6) is -0.327. The molecular weight excluding hydrogens is 374 g/mol. The molecule has 0 bridgehead atoms. The highest BCUT2D eigenvalue weighted by Crippen LogP contribution is 2.28. The van der Waals surface area contributed by atoms with Gasteiger partial charge >= 0.3 is 0 Å². The van der Waals surface area contributed by atoms with Crippen LogP contribution in [-0.4, -0.2) is 36.2 Å². The minimum atomic E-state index is -3.73. The maximum absolute atomic E-state index is 13.1. The van der Waals surface area contributed by atoms with E-state index in [2.05, 4.69) is 10.3 Å². The number of rotatable bonds is 4. The lowest BCUT2D eigenvalue weighted by Crippen LogP contribution is -2.43. The summed E-state index contributed by atoms with van der Waals surface area (Å²) in [6.07, 6.45) is 2.81. The predicted octanol–water partition coefficient (Wildman–Crippen LogP) is 3.34. The second-order valence-electron chi connectivity index (χ2n) is 6.96. The van der Waals surface area contributed by atoms with E-state index in [0.717, 1.165) is 10.9 Å². The molecular formula is C21H21N3O3S. The van der Waals surface area contributed by atoms with E-state index in [1.165, 1.54) is 4.31 Å². The lowest BCUT2D eigenvalue weighted by Gasteiger charge is -2.23. The van der Waals surface area contributed by atoms with Gasteiger partial charge in [-0.05, 0) is 44.0 Å². The van der Waals surface area contributed by atoms with E-state index >= 15 is 0 Å². The zero-order valence-electron chi connectivity index (χ0n) is 15.5. The van der Waals surface area contributed by atoms with Crippen LogP contribution in [0.2, 0.25) is 0 Å². The fourth-order valence-corrected chi connectivity index (χ4v) is 5.21. The summed E-state index contributed by atoms with van der Waals surface area (Å²) in [4.78, 5) is 17.5. The van der Waals surface area contributed by atoms with E-state index < -0.39 is 16.1 Å². The number of aromatic nitrogens is 1. The van der Waals surface area contributed by atoms with Crippen molar-refractivity contribution in [3.8, 4) is 0 Å². The molecule has 0 radical (unpaired) electrons. The average Bonchev–Trinajstić information content (AvgIpc) is 3.20. The molecule has 0 saturated carbocycles. The van der Waals surface area contributed by atoms with E-state index in [1.807, 2.05) is 31.2 Å². The number of pyridine rings is 1. The number of amides is 1. The second-order valence-corrected chi connectivity index (χ2v) is 8.85. The van der Waals surface area contributed by atoms with Crippen molar-refractivity contribution >= 4 is 32.5 Å². The van der Waals surface area contributed by atoms with E-state index in [1.54, 1.807) is 36.5 Å². The molecule has 0 spiro atoms. The summed E-state index contributed by atoms with van der Waals surface area (Å²) in [5.41, 5.74) is 2.25. The Balaban J connectivity index is 1.61. The van der Waals surface area contributed by atoms with E-state index in [0.29, 0.717) is 30.6 Å². The van der Waals surface area contributed by atoms with Crippen molar-refractivity contribution in [2.75, 3.05) is 11.9 Å². The highest BCUT2D eigenvalue weighted by Gasteiger charge is 2.39. The van der Waals surface area contributed by atoms with Crippen molar-refractivity contribution in [3.05, 3.63) is 66.4 Å². The Kier molecular flexibility index (Phi) is 4.87. The summed E-state index contributed by atoms with van der Waals surface area (Å²) >= 11 is 0. The molecule has 1 unspecified atom stereocenters. The van der Waals surface area contributed by atoms with Gasteiger partial charge in [-0.3, -0.25) is 9.78 Å². The van der Waals surface area contributed by atoms with Crippen LogP contribution >= 0.6 is 0 Å². The van der Waals surface area contributed by atoms with Crippen LogP contribution in [0.3, 0.4) is 0 Å². The SMILES string of the molecule is Cc1ccc(S(=O)(=O)N2CCCC2C(=O)Nc2cccc3cccnc23)cc1. The Morgan fingerprint density at radius 3 is 2.64 bits per heavy atom. The van der Waals surface area contributed by atoms with E-state index in [4.69, 9.17) is 0 Å². The molecule has 1 atom stereocenters. The number of benzene rings is 2. The topological polar surface area (TPSA) is 79.4 Å². The Morgan fingerprint density at radius 2 is 1.86 bits per heavy atom. The number of sulfonamides is 1. The van der Waals surface area contributed by atoms with Gasteiger partial charge in [0.05, 0.1) is 16.1 Å². The van der Waals surface area contributed by atoms with Gasteiger partial charge in [-0.2, -0.15) is 4.31 Å². The number of nitrogens with one attached hydrogen (secondary N) is 1. The Labute approximate surface area is 164 Å². The van der Waals surface area contributed by atoms with Crippen LogP contribution in [0.25, 0.3) is 10.9 Å². The summed E-state index contributed by atoms with van der Waals surface area (Å²) in [6.45, 7) is 2.24. The summed E-state index contributed by atoms with van der Waals surface area (Å²) < 4.78 is 27.4. The molecule has 2 heterocycles. The number of hydrogen-bond acceptors (Lipinski definition) is 4. The first-order valence-corrected chi connectivity index (χ1v) is 10.6. The number of para-hydroxylation sites is 1. The number of nitrogens with zero attached hydrogens (tertiary/aromatic N) is 2. The second kappa shape index (κ2) is 7.33. The molecule has 1 amide bonds.